The Bertz CT molecular complexity index is 587. The van der Waals surface area contributed by atoms with Crippen molar-refractivity contribution in [1.82, 2.24) is 15.2 Å². The Morgan fingerprint density at radius 3 is 2.82 bits per heavy atom. The Morgan fingerprint density at radius 1 is 1.50 bits per heavy atom. The zero-order valence-electron chi connectivity index (χ0n) is 12.4. The zero-order chi connectivity index (χ0) is 15.2. The summed E-state index contributed by atoms with van der Waals surface area (Å²) in [6, 6.07) is 7.61. The number of nitrogens with zero attached hydrogens (tertiary/aromatic N) is 2. The molecule has 3 N–H and O–H groups in total. The van der Waals surface area contributed by atoms with Crippen LogP contribution in [0.5, 0.6) is 0 Å². The van der Waals surface area contributed by atoms with E-state index in [-0.39, 0.29) is 24.0 Å². The number of nitrogens with one attached hydrogen (secondary N) is 2. The number of aliphatic hydroxyl groups excluding tert-OH is 1. The first-order valence-electron chi connectivity index (χ1n) is 6.57. The number of aromatic amines is 1. The van der Waals surface area contributed by atoms with Gasteiger partial charge in [-0.15, -0.1) is 35.3 Å². The van der Waals surface area contributed by atoms with E-state index in [2.05, 4.69) is 15.3 Å². The molecular weight excluding hydrogens is 435 g/mol. The molecule has 0 fully saturated rings. The van der Waals surface area contributed by atoms with Crippen LogP contribution in [0, 0.1) is 0 Å². The van der Waals surface area contributed by atoms with Crippen LogP contribution in [0.3, 0.4) is 0 Å². The first-order valence-corrected chi connectivity index (χ1v) is 7.77. The van der Waals surface area contributed by atoms with Gasteiger partial charge in [-0.05, 0) is 24.3 Å². The Labute approximate surface area is 156 Å². The molecule has 8 heteroatoms. The number of hydrogen-bond acceptors (Lipinski definition) is 3. The summed E-state index contributed by atoms with van der Waals surface area (Å²) in [6.45, 7) is 1.10. The van der Waals surface area contributed by atoms with Crippen LogP contribution in [0.15, 0.2) is 35.5 Å². The molecule has 0 saturated heterocycles. The van der Waals surface area contributed by atoms with Crippen molar-refractivity contribution in [3.05, 3.63) is 45.4 Å². The van der Waals surface area contributed by atoms with Crippen molar-refractivity contribution in [3.63, 3.8) is 0 Å². The van der Waals surface area contributed by atoms with Gasteiger partial charge in [0.2, 0.25) is 0 Å². The average molecular weight is 455 g/mol. The van der Waals surface area contributed by atoms with Crippen LogP contribution in [0.25, 0.3) is 0 Å². The lowest BCUT2D eigenvalue weighted by Crippen LogP contribution is -2.40. The molecule has 2 aromatic heterocycles. The molecular formula is C14H20ClIN4OS. The number of thiophene rings is 1. The second kappa shape index (κ2) is 9.39. The molecule has 0 radical (unpaired) electrons. The summed E-state index contributed by atoms with van der Waals surface area (Å²) in [7, 11) is 3.67. The molecule has 1 atom stereocenters. The van der Waals surface area contributed by atoms with Crippen molar-refractivity contribution < 1.29 is 5.11 Å². The maximum atomic E-state index is 10.1. The van der Waals surface area contributed by atoms with Gasteiger partial charge in [-0.25, -0.2) is 0 Å². The highest BCUT2D eigenvalue weighted by Crippen LogP contribution is 2.26. The van der Waals surface area contributed by atoms with Gasteiger partial charge in [0.15, 0.2) is 5.96 Å². The number of halogens is 2. The summed E-state index contributed by atoms with van der Waals surface area (Å²) in [4.78, 5) is 10.2. The van der Waals surface area contributed by atoms with Crippen LogP contribution in [0.1, 0.15) is 16.7 Å². The standard InChI is InChI=1S/C14H19ClN4OS.HI/c1-16-14(19(2)9-10-4-3-7-17-10)18-8-11(20)12-5-6-13(15)21-12;/h3-7,11,17,20H,8-9H2,1-2H3,(H,16,18);1H. The highest BCUT2D eigenvalue weighted by Gasteiger charge is 2.13. The second-order valence-electron chi connectivity index (χ2n) is 4.64. The molecule has 0 saturated carbocycles. The van der Waals surface area contributed by atoms with Gasteiger partial charge in [-0.1, -0.05) is 11.6 Å². The second-order valence-corrected chi connectivity index (χ2v) is 6.38. The largest absolute Gasteiger partial charge is 0.386 e. The van der Waals surface area contributed by atoms with E-state index in [1.54, 1.807) is 13.1 Å². The minimum Gasteiger partial charge on any atom is -0.386 e. The Morgan fingerprint density at radius 2 is 2.27 bits per heavy atom. The van der Waals surface area contributed by atoms with Crippen molar-refractivity contribution in [2.75, 3.05) is 20.6 Å². The first kappa shape index (κ1) is 19.3. The summed E-state index contributed by atoms with van der Waals surface area (Å²) in [5.74, 6) is 0.728. The van der Waals surface area contributed by atoms with Gasteiger partial charge in [0, 0.05) is 37.4 Å². The zero-order valence-corrected chi connectivity index (χ0v) is 16.3. The fourth-order valence-electron chi connectivity index (χ4n) is 1.98. The van der Waals surface area contributed by atoms with Gasteiger partial charge in [0.25, 0.3) is 0 Å². The molecule has 0 amide bonds. The lowest BCUT2D eigenvalue weighted by molar-refractivity contribution is 0.183. The maximum Gasteiger partial charge on any atom is 0.193 e. The van der Waals surface area contributed by atoms with Crippen LogP contribution >= 0.6 is 46.9 Å². The van der Waals surface area contributed by atoms with Gasteiger partial charge in [-0.2, -0.15) is 0 Å². The van der Waals surface area contributed by atoms with E-state index in [1.165, 1.54) is 11.3 Å². The summed E-state index contributed by atoms with van der Waals surface area (Å²) < 4.78 is 0.678. The molecule has 2 heterocycles. The predicted molar refractivity (Wildman–Crippen MR) is 103 cm³/mol. The van der Waals surface area contributed by atoms with Gasteiger partial charge in [0.05, 0.1) is 10.9 Å². The highest BCUT2D eigenvalue weighted by molar-refractivity contribution is 14.0. The maximum absolute atomic E-state index is 10.1. The van der Waals surface area contributed by atoms with Crippen LogP contribution in [0.2, 0.25) is 4.34 Å². The lowest BCUT2D eigenvalue weighted by Gasteiger charge is -2.22. The first-order chi connectivity index (χ1) is 10.1. The molecule has 0 aliphatic heterocycles. The monoisotopic (exact) mass is 454 g/mol. The third-order valence-corrected chi connectivity index (χ3v) is 4.35. The molecule has 5 nitrogen and oxygen atoms in total. The fourth-order valence-corrected chi connectivity index (χ4v) is 3.02. The molecule has 2 rings (SSSR count). The molecule has 0 spiro atoms. The third kappa shape index (κ3) is 5.45. The topological polar surface area (TPSA) is 63.7 Å². The van der Waals surface area contributed by atoms with Crippen LogP contribution in [-0.4, -0.2) is 41.6 Å². The summed E-state index contributed by atoms with van der Waals surface area (Å²) >= 11 is 7.26. The molecule has 0 aliphatic rings. The van der Waals surface area contributed by atoms with E-state index in [1.807, 2.05) is 36.3 Å². The van der Waals surface area contributed by atoms with Crippen LogP contribution in [-0.2, 0) is 6.54 Å². The van der Waals surface area contributed by atoms with Crippen molar-refractivity contribution in [2.24, 2.45) is 4.99 Å². The van der Waals surface area contributed by atoms with E-state index in [0.717, 1.165) is 16.5 Å². The molecule has 0 bridgehead atoms. The van der Waals surface area contributed by atoms with E-state index in [9.17, 15) is 5.11 Å². The van der Waals surface area contributed by atoms with Crippen molar-refractivity contribution in [3.8, 4) is 0 Å². The van der Waals surface area contributed by atoms with Crippen molar-refractivity contribution >= 4 is 52.9 Å². The van der Waals surface area contributed by atoms with Gasteiger partial charge < -0.3 is 20.3 Å². The molecule has 2 aromatic rings. The van der Waals surface area contributed by atoms with Crippen molar-refractivity contribution in [1.29, 1.82) is 0 Å². The third-order valence-electron chi connectivity index (χ3n) is 3.02. The van der Waals surface area contributed by atoms with Gasteiger partial charge in [-0.3, -0.25) is 4.99 Å². The van der Waals surface area contributed by atoms with E-state index < -0.39 is 6.10 Å². The predicted octanol–water partition coefficient (Wildman–Crippen LogP) is 3.09. The van der Waals surface area contributed by atoms with Gasteiger partial charge in [0.1, 0.15) is 6.10 Å². The lowest BCUT2D eigenvalue weighted by atomic mass is 10.3. The summed E-state index contributed by atoms with van der Waals surface area (Å²) in [5.41, 5.74) is 1.10. The molecule has 22 heavy (non-hydrogen) atoms. The average Bonchev–Trinajstić information content (AvgIpc) is 3.10. The summed E-state index contributed by atoms with van der Waals surface area (Å²) in [5, 5.41) is 13.3. The Kier molecular flexibility index (Phi) is 8.23. The number of hydrogen-bond donors (Lipinski definition) is 3. The Balaban J connectivity index is 0.00000242. The molecule has 0 aliphatic carbocycles. The smallest absolute Gasteiger partial charge is 0.193 e. The molecule has 122 valence electrons. The number of rotatable bonds is 5. The molecule has 1 unspecified atom stereocenters. The van der Waals surface area contributed by atoms with E-state index in [0.29, 0.717) is 17.4 Å². The fraction of sp³-hybridized carbons (Fsp3) is 0.357. The van der Waals surface area contributed by atoms with Crippen LogP contribution < -0.4 is 5.32 Å². The normalized spacial score (nSPS) is 12.6. The van der Waals surface area contributed by atoms with Crippen molar-refractivity contribution in [2.45, 2.75) is 12.6 Å². The summed E-state index contributed by atoms with van der Waals surface area (Å²) in [6.07, 6.45) is 1.29. The number of aromatic nitrogens is 1. The number of guanidine groups is 1. The minimum atomic E-state index is -0.599. The quantitative estimate of drug-likeness (QED) is 0.370. The number of H-pyrrole nitrogens is 1. The van der Waals surface area contributed by atoms with E-state index in [4.69, 9.17) is 11.6 Å². The van der Waals surface area contributed by atoms with Gasteiger partial charge >= 0.3 is 0 Å². The minimum absolute atomic E-state index is 0. The number of aliphatic hydroxyl groups is 1. The Hall–Kier alpha value is -0.770. The molecule has 0 aromatic carbocycles. The highest BCUT2D eigenvalue weighted by atomic mass is 127. The van der Waals surface area contributed by atoms with Crippen LogP contribution in [0.4, 0.5) is 0 Å². The van der Waals surface area contributed by atoms with E-state index >= 15 is 0 Å². The number of aliphatic imine (C=N–C) groups is 1. The SMILES string of the molecule is CN=C(NCC(O)c1ccc(Cl)s1)N(C)Cc1ccc[nH]1.I.